The number of primary amides is 1. The molecule has 0 aliphatic carbocycles. The van der Waals surface area contributed by atoms with Gasteiger partial charge in [-0.3, -0.25) is 4.79 Å². The van der Waals surface area contributed by atoms with Crippen LogP contribution in [-0.2, 0) is 6.54 Å². The van der Waals surface area contributed by atoms with E-state index in [1.54, 1.807) is 54.7 Å². The SMILES string of the molecule is COc1ccccc1C(N)=O.Cc1c(C(=O)O)c2cc(O)ccc2n1Cc1cccs1. The number of phenols is 1. The van der Waals surface area contributed by atoms with Gasteiger partial charge in [-0.25, -0.2) is 4.79 Å². The fourth-order valence-electron chi connectivity index (χ4n) is 3.35. The molecular formula is C23H22N2O5S. The Morgan fingerprint density at radius 1 is 1.13 bits per heavy atom. The van der Waals surface area contributed by atoms with Gasteiger partial charge in [-0.2, -0.15) is 0 Å². The maximum atomic E-state index is 11.5. The van der Waals surface area contributed by atoms with E-state index in [2.05, 4.69) is 0 Å². The second kappa shape index (κ2) is 9.36. The zero-order valence-electron chi connectivity index (χ0n) is 17.0. The van der Waals surface area contributed by atoms with Crippen molar-refractivity contribution in [1.29, 1.82) is 0 Å². The monoisotopic (exact) mass is 438 g/mol. The number of nitrogens with zero attached hydrogens (tertiary/aromatic N) is 1. The molecule has 8 heteroatoms. The smallest absolute Gasteiger partial charge is 0.338 e. The Labute approximate surface area is 182 Å². The maximum Gasteiger partial charge on any atom is 0.338 e. The van der Waals surface area contributed by atoms with E-state index in [1.807, 2.05) is 22.1 Å². The third-order valence-corrected chi connectivity index (χ3v) is 5.65. The average Bonchev–Trinajstić information content (AvgIpc) is 3.34. The summed E-state index contributed by atoms with van der Waals surface area (Å²) in [5.41, 5.74) is 7.27. The van der Waals surface area contributed by atoms with Crippen molar-refractivity contribution in [3.8, 4) is 11.5 Å². The van der Waals surface area contributed by atoms with E-state index in [1.165, 1.54) is 13.2 Å². The van der Waals surface area contributed by atoms with Crippen LogP contribution < -0.4 is 10.5 Å². The van der Waals surface area contributed by atoms with Gasteiger partial charge in [0.2, 0.25) is 0 Å². The third kappa shape index (κ3) is 4.70. The zero-order valence-corrected chi connectivity index (χ0v) is 17.8. The van der Waals surface area contributed by atoms with Gasteiger partial charge in [0.15, 0.2) is 0 Å². The molecule has 0 aliphatic rings. The fraction of sp³-hybridized carbons (Fsp3) is 0.130. The average molecular weight is 439 g/mol. The van der Waals surface area contributed by atoms with Crippen molar-refractivity contribution < 1.29 is 24.5 Å². The van der Waals surface area contributed by atoms with Crippen molar-refractivity contribution in [2.75, 3.05) is 7.11 Å². The number of rotatable bonds is 5. The minimum absolute atomic E-state index is 0.0771. The molecule has 0 atom stereocenters. The number of amides is 1. The number of carbonyl (C=O) groups is 2. The summed E-state index contributed by atoms with van der Waals surface area (Å²) in [6.45, 7) is 2.44. The van der Waals surface area contributed by atoms with E-state index >= 15 is 0 Å². The lowest BCUT2D eigenvalue weighted by Crippen LogP contribution is -2.11. The number of aromatic carboxylic acids is 1. The standard InChI is InChI=1S/C15H13NO3S.C8H9NO2/c1-9-14(15(18)19)12-7-10(17)4-5-13(12)16(9)8-11-3-2-6-20-11;1-11-7-5-3-2-4-6(7)8(9)10/h2-7,17H,8H2,1H3,(H,18,19);2-5H,1H3,(H2,9,10). The van der Waals surface area contributed by atoms with Crippen molar-refractivity contribution >= 4 is 34.1 Å². The number of aromatic hydroxyl groups is 1. The lowest BCUT2D eigenvalue weighted by molar-refractivity contribution is 0.0697. The van der Waals surface area contributed by atoms with Crippen molar-refractivity contribution in [1.82, 2.24) is 4.57 Å². The zero-order chi connectivity index (χ0) is 22.5. The molecule has 2 heterocycles. The molecule has 2 aromatic carbocycles. The van der Waals surface area contributed by atoms with Gasteiger partial charge in [-0.1, -0.05) is 18.2 Å². The van der Waals surface area contributed by atoms with Crippen molar-refractivity contribution in [3.05, 3.63) is 81.7 Å². The van der Waals surface area contributed by atoms with Gasteiger partial charge in [0, 0.05) is 21.5 Å². The van der Waals surface area contributed by atoms with Crippen LogP contribution in [0.25, 0.3) is 10.9 Å². The third-order valence-electron chi connectivity index (χ3n) is 4.79. The number of hydrogen-bond donors (Lipinski definition) is 3. The summed E-state index contributed by atoms with van der Waals surface area (Å²) >= 11 is 1.64. The Balaban J connectivity index is 0.000000210. The van der Waals surface area contributed by atoms with E-state index < -0.39 is 11.9 Å². The molecule has 1 amide bonds. The molecule has 31 heavy (non-hydrogen) atoms. The summed E-state index contributed by atoms with van der Waals surface area (Å²) in [6, 6.07) is 15.7. The number of methoxy groups -OCH3 is 1. The van der Waals surface area contributed by atoms with Crippen molar-refractivity contribution in [2.24, 2.45) is 5.73 Å². The van der Waals surface area contributed by atoms with Crippen LogP contribution in [0, 0.1) is 6.92 Å². The lowest BCUT2D eigenvalue weighted by Gasteiger charge is -2.06. The van der Waals surface area contributed by atoms with Crippen LogP contribution >= 0.6 is 11.3 Å². The Morgan fingerprint density at radius 2 is 1.87 bits per heavy atom. The molecule has 160 valence electrons. The molecule has 4 N–H and O–H groups in total. The number of carboxylic acid groups (broad SMARTS) is 1. The van der Waals surface area contributed by atoms with E-state index in [-0.39, 0.29) is 11.3 Å². The number of carboxylic acids is 1. The molecule has 0 radical (unpaired) electrons. The molecule has 0 fully saturated rings. The molecule has 0 unspecified atom stereocenters. The molecular weight excluding hydrogens is 416 g/mol. The molecule has 0 saturated heterocycles. The molecule has 4 aromatic rings. The Hall–Kier alpha value is -3.78. The van der Waals surface area contributed by atoms with Gasteiger partial charge in [0.25, 0.3) is 5.91 Å². The Bertz CT molecular complexity index is 1230. The van der Waals surface area contributed by atoms with Crippen LogP contribution in [0.4, 0.5) is 0 Å². The molecule has 0 saturated carbocycles. The summed E-state index contributed by atoms with van der Waals surface area (Å²) in [4.78, 5) is 23.4. The van der Waals surface area contributed by atoms with Crippen LogP contribution in [0.5, 0.6) is 11.5 Å². The van der Waals surface area contributed by atoms with Crippen molar-refractivity contribution in [3.63, 3.8) is 0 Å². The minimum Gasteiger partial charge on any atom is -0.508 e. The van der Waals surface area contributed by atoms with Gasteiger partial charge in [0.1, 0.15) is 11.5 Å². The summed E-state index contributed by atoms with van der Waals surface area (Å²) in [5.74, 6) is -0.848. The number of phenolic OH excluding ortho intramolecular Hbond substituents is 1. The molecule has 0 bridgehead atoms. The van der Waals surface area contributed by atoms with Crippen LogP contribution in [-0.4, -0.2) is 33.8 Å². The summed E-state index contributed by atoms with van der Waals surface area (Å²) < 4.78 is 6.88. The van der Waals surface area contributed by atoms with Gasteiger partial charge in [-0.05, 0) is 48.7 Å². The number of fused-ring (bicyclic) bond motifs is 1. The van der Waals surface area contributed by atoms with E-state index in [4.69, 9.17) is 10.5 Å². The van der Waals surface area contributed by atoms with Gasteiger partial charge >= 0.3 is 5.97 Å². The molecule has 4 rings (SSSR count). The van der Waals surface area contributed by atoms with Crippen LogP contribution in [0.1, 0.15) is 31.3 Å². The highest BCUT2D eigenvalue weighted by molar-refractivity contribution is 7.09. The number of hydrogen-bond acceptors (Lipinski definition) is 5. The molecule has 0 aliphatic heterocycles. The van der Waals surface area contributed by atoms with Crippen LogP contribution in [0.15, 0.2) is 60.0 Å². The highest BCUT2D eigenvalue weighted by Crippen LogP contribution is 2.30. The first kappa shape index (κ1) is 21.9. The number of para-hydroxylation sites is 1. The normalized spacial score (nSPS) is 10.4. The number of thiophene rings is 1. The first-order valence-corrected chi connectivity index (χ1v) is 10.2. The molecule has 2 aromatic heterocycles. The second-order valence-electron chi connectivity index (χ2n) is 6.70. The number of ether oxygens (including phenoxy) is 1. The van der Waals surface area contributed by atoms with Crippen LogP contribution in [0.2, 0.25) is 0 Å². The first-order valence-electron chi connectivity index (χ1n) is 9.33. The quantitative estimate of drug-likeness (QED) is 0.431. The van der Waals surface area contributed by atoms with Crippen LogP contribution in [0.3, 0.4) is 0 Å². The number of nitrogens with two attached hydrogens (primary N) is 1. The lowest BCUT2D eigenvalue weighted by atomic mass is 10.1. The minimum atomic E-state index is -0.969. The summed E-state index contributed by atoms with van der Waals surface area (Å²) in [5, 5.41) is 21.6. The molecule has 7 nitrogen and oxygen atoms in total. The largest absolute Gasteiger partial charge is 0.508 e. The van der Waals surface area contributed by atoms with Gasteiger partial charge in [-0.15, -0.1) is 11.3 Å². The Kier molecular flexibility index (Phi) is 6.61. The summed E-state index contributed by atoms with van der Waals surface area (Å²) in [6.07, 6.45) is 0. The topological polar surface area (TPSA) is 115 Å². The Morgan fingerprint density at radius 3 is 2.45 bits per heavy atom. The van der Waals surface area contributed by atoms with Gasteiger partial charge in [0.05, 0.1) is 24.8 Å². The predicted octanol–water partition coefficient (Wildman–Crippen LogP) is 4.26. The highest BCUT2D eigenvalue weighted by Gasteiger charge is 2.20. The number of aromatic nitrogens is 1. The first-order chi connectivity index (χ1) is 14.8. The second-order valence-corrected chi connectivity index (χ2v) is 7.73. The molecule has 0 spiro atoms. The summed E-state index contributed by atoms with van der Waals surface area (Å²) in [7, 11) is 1.50. The predicted molar refractivity (Wildman–Crippen MR) is 120 cm³/mol. The van der Waals surface area contributed by atoms with E-state index in [0.29, 0.717) is 28.9 Å². The number of carbonyl (C=O) groups excluding carboxylic acids is 1. The van der Waals surface area contributed by atoms with E-state index in [0.717, 1.165) is 10.4 Å². The maximum absolute atomic E-state index is 11.5. The highest BCUT2D eigenvalue weighted by atomic mass is 32.1. The number of benzene rings is 2. The van der Waals surface area contributed by atoms with Gasteiger partial charge < -0.3 is 25.3 Å². The van der Waals surface area contributed by atoms with Crippen molar-refractivity contribution in [2.45, 2.75) is 13.5 Å². The fourth-order valence-corrected chi connectivity index (χ4v) is 4.04. The van der Waals surface area contributed by atoms with E-state index in [9.17, 15) is 19.8 Å².